The zero-order valence-electron chi connectivity index (χ0n) is 14.8. The average molecular weight is 339 g/mol. The van der Waals surface area contributed by atoms with Gasteiger partial charge >= 0.3 is 0 Å². The van der Waals surface area contributed by atoms with Crippen molar-refractivity contribution in [3.8, 4) is 11.5 Å². The van der Waals surface area contributed by atoms with E-state index in [-0.39, 0.29) is 11.9 Å². The van der Waals surface area contributed by atoms with Crippen molar-refractivity contribution in [2.45, 2.75) is 44.8 Å². The Morgan fingerprint density at radius 3 is 2.60 bits per heavy atom. The molecule has 1 aliphatic carbocycles. The highest BCUT2D eigenvalue weighted by Gasteiger charge is 2.25. The van der Waals surface area contributed by atoms with Crippen LogP contribution in [0.25, 0.3) is 0 Å². The van der Waals surface area contributed by atoms with Crippen LogP contribution in [-0.4, -0.2) is 19.1 Å². The fraction of sp³-hybridized carbons (Fsp3) is 0.381. The van der Waals surface area contributed by atoms with Gasteiger partial charge in [-0.15, -0.1) is 0 Å². The molecule has 0 radical (unpaired) electrons. The number of fused-ring (bicyclic) bond motifs is 1. The van der Waals surface area contributed by atoms with Gasteiger partial charge in [-0.2, -0.15) is 0 Å². The number of hydrogen-bond donors (Lipinski definition) is 1. The molecule has 1 aliphatic rings. The second-order valence-corrected chi connectivity index (χ2v) is 6.34. The van der Waals surface area contributed by atoms with Gasteiger partial charge in [0.2, 0.25) is 0 Å². The molecule has 0 aromatic heterocycles. The Morgan fingerprint density at radius 2 is 1.88 bits per heavy atom. The molecule has 2 atom stereocenters. The van der Waals surface area contributed by atoms with E-state index in [1.807, 2.05) is 37.3 Å². The van der Waals surface area contributed by atoms with Gasteiger partial charge in [-0.3, -0.25) is 4.79 Å². The molecule has 25 heavy (non-hydrogen) atoms. The first-order valence-electron chi connectivity index (χ1n) is 8.90. The fourth-order valence-corrected chi connectivity index (χ4v) is 3.31. The maximum absolute atomic E-state index is 12.7. The molecule has 0 unspecified atom stereocenters. The molecule has 0 heterocycles. The van der Waals surface area contributed by atoms with Crippen LogP contribution in [0, 0.1) is 0 Å². The average Bonchev–Trinajstić information content (AvgIpc) is 2.66. The highest BCUT2D eigenvalue weighted by molar-refractivity contribution is 5.81. The maximum Gasteiger partial charge on any atom is 0.261 e. The Kier molecular flexibility index (Phi) is 5.59. The van der Waals surface area contributed by atoms with Crippen LogP contribution in [0.15, 0.2) is 48.5 Å². The lowest BCUT2D eigenvalue weighted by molar-refractivity contribution is -0.129. The molecule has 0 bridgehead atoms. The molecule has 0 saturated heterocycles. The van der Waals surface area contributed by atoms with Crippen LogP contribution in [0.1, 0.15) is 43.4 Å². The van der Waals surface area contributed by atoms with Crippen LogP contribution in [0.2, 0.25) is 0 Å². The summed E-state index contributed by atoms with van der Waals surface area (Å²) in [5, 5.41) is 3.18. The molecule has 4 heteroatoms. The van der Waals surface area contributed by atoms with E-state index in [9.17, 15) is 4.79 Å². The van der Waals surface area contributed by atoms with Crippen LogP contribution in [0.3, 0.4) is 0 Å². The molecule has 1 N–H and O–H groups in total. The number of carbonyl (C=O) groups is 1. The van der Waals surface area contributed by atoms with E-state index in [1.54, 1.807) is 7.11 Å². The van der Waals surface area contributed by atoms with Crippen LogP contribution in [-0.2, 0) is 11.2 Å². The number of amides is 1. The van der Waals surface area contributed by atoms with Crippen LogP contribution in [0.5, 0.6) is 11.5 Å². The highest BCUT2D eigenvalue weighted by Crippen LogP contribution is 2.29. The highest BCUT2D eigenvalue weighted by atomic mass is 16.5. The molecular formula is C21H25NO3. The Balaban J connectivity index is 1.66. The van der Waals surface area contributed by atoms with Crippen molar-refractivity contribution in [2.75, 3.05) is 7.11 Å². The number of benzene rings is 2. The van der Waals surface area contributed by atoms with Gasteiger partial charge in [0.15, 0.2) is 6.10 Å². The van der Waals surface area contributed by atoms with Gasteiger partial charge in [0.05, 0.1) is 13.2 Å². The molecule has 0 aliphatic heterocycles. The van der Waals surface area contributed by atoms with Crippen LogP contribution in [0.4, 0.5) is 0 Å². The number of ether oxygens (including phenoxy) is 2. The van der Waals surface area contributed by atoms with Crippen molar-refractivity contribution >= 4 is 5.91 Å². The predicted octanol–water partition coefficient (Wildman–Crippen LogP) is 4.05. The first kappa shape index (κ1) is 17.3. The summed E-state index contributed by atoms with van der Waals surface area (Å²) >= 11 is 0. The lowest BCUT2D eigenvalue weighted by atomic mass is 9.87. The standard InChI is InChI=1S/C21H25NO3/c1-3-20(25-17-13-11-16(24-2)12-14-17)21(23)22-19-10-6-8-15-7-4-5-9-18(15)19/h4-5,7,9,11-14,19-20H,3,6,8,10H2,1-2H3,(H,22,23)/t19-,20-/m0/s1. The summed E-state index contributed by atoms with van der Waals surface area (Å²) in [6.07, 6.45) is 3.27. The molecule has 1 amide bonds. The summed E-state index contributed by atoms with van der Waals surface area (Å²) < 4.78 is 11.0. The first-order valence-corrected chi connectivity index (χ1v) is 8.90. The van der Waals surface area contributed by atoms with Gasteiger partial charge in [-0.1, -0.05) is 31.2 Å². The van der Waals surface area contributed by atoms with E-state index in [1.165, 1.54) is 11.1 Å². The summed E-state index contributed by atoms with van der Waals surface area (Å²) in [5.74, 6) is 1.38. The minimum atomic E-state index is -0.498. The van der Waals surface area contributed by atoms with Crippen molar-refractivity contribution in [1.82, 2.24) is 5.32 Å². The Bertz CT molecular complexity index is 711. The largest absolute Gasteiger partial charge is 0.497 e. The van der Waals surface area contributed by atoms with Gasteiger partial charge in [0.25, 0.3) is 5.91 Å². The van der Waals surface area contributed by atoms with Gasteiger partial charge < -0.3 is 14.8 Å². The Hall–Kier alpha value is -2.49. The Labute approximate surface area is 149 Å². The minimum absolute atomic E-state index is 0.0555. The topological polar surface area (TPSA) is 47.6 Å². The van der Waals surface area contributed by atoms with Gasteiger partial charge in [-0.25, -0.2) is 0 Å². The van der Waals surface area contributed by atoms with Gasteiger partial charge in [0.1, 0.15) is 11.5 Å². The second-order valence-electron chi connectivity index (χ2n) is 6.34. The third kappa shape index (κ3) is 4.13. The molecule has 0 spiro atoms. The number of nitrogens with one attached hydrogen (secondary N) is 1. The number of hydrogen-bond acceptors (Lipinski definition) is 3. The van der Waals surface area contributed by atoms with Crippen molar-refractivity contribution in [1.29, 1.82) is 0 Å². The van der Waals surface area contributed by atoms with Crippen molar-refractivity contribution in [3.05, 3.63) is 59.7 Å². The summed E-state index contributed by atoms with van der Waals surface area (Å²) in [5.41, 5.74) is 2.57. The number of rotatable bonds is 6. The zero-order chi connectivity index (χ0) is 17.6. The van der Waals surface area contributed by atoms with E-state index in [0.29, 0.717) is 12.2 Å². The fourth-order valence-electron chi connectivity index (χ4n) is 3.31. The molecular weight excluding hydrogens is 314 g/mol. The lowest BCUT2D eigenvalue weighted by Crippen LogP contribution is -2.40. The monoisotopic (exact) mass is 339 g/mol. The predicted molar refractivity (Wildman–Crippen MR) is 98.0 cm³/mol. The molecule has 0 fully saturated rings. The van der Waals surface area contributed by atoms with E-state index >= 15 is 0 Å². The molecule has 2 aromatic carbocycles. The maximum atomic E-state index is 12.7. The van der Waals surface area contributed by atoms with Crippen molar-refractivity contribution in [3.63, 3.8) is 0 Å². The Morgan fingerprint density at radius 1 is 1.16 bits per heavy atom. The third-order valence-corrected chi connectivity index (χ3v) is 4.69. The molecule has 0 saturated carbocycles. The van der Waals surface area contributed by atoms with E-state index in [0.717, 1.165) is 25.0 Å². The van der Waals surface area contributed by atoms with Gasteiger partial charge in [-0.05, 0) is 61.1 Å². The third-order valence-electron chi connectivity index (χ3n) is 4.69. The van der Waals surface area contributed by atoms with E-state index < -0.39 is 6.10 Å². The molecule has 3 rings (SSSR count). The summed E-state index contributed by atoms with van der Waals surface area (Å²) in [4.78, 5) is 12.7. The molecule has 4 nitrogen and oxygen atoms in total. The normalized spacial score (nSPS) is 17.3. The smallest absolute Gasteiger partial charge is 0.261 e. The van der Waals surface area contributed by atoms with E-state index in [4.69, 9.17) is 9.47 Å². The minimum Gasteiger partial charge on any atom is -0.497 e. The van der Waals surface area contributed by atoms with Crippen LogP contribution >= 0.6 is 0 Å². The van der Waals surface area contributed by atoms with Crippen molar-refractivity contribution < 1.29 is 14.3 Å². The number of aryl methyl sites for hydroxylation is 1. The van der Waals surface area contributed by atoms with E-state index in [2.05, 4.69) is 23.5 Å². The zero-order valence-corrected chi connectivity index (χ0v) is 14.8. The quantitative estimate of drug-likeness (QED) is 0.864. The summed E-state index contributed by atoms with van der Waals surface area (Å²) in [6.45, 7) is 1.96. The summed E-state index contributed by atoms with van der Waals surface area (Å²) in [6, 6.07) is 15.7. The number of methoxy groups -OCH3 is 1. The van der Waals surface area contributed by atoms with Crippen LogP contribution < -0.4 is 14.8 Å². The lowest BCUT2D eigenvalue weighted by Gasteiger charge is -2.28. The second kappa shape index (κ2) is 8.06. The summed E-state index contributed by atoms with van der Waals surface area (Å²) in [7, 11) is 1.63. The first-order chi connectivity index (χ1) is 12.2. The SMILES string of the molecule is CC[C@H](Oc1ccc(OC)cc1)C(=O)N[C@H]1CCCc2ccccc21. The number of carbonyl (C=O) groups excluding carboxylic acids is 1. The molecule has 132 valence electrons. The molecule has 2 aromatic rings. The van der Waals surface area contributed by atoms with Crippen molar-refractivity contribution in [2.24, 2.45) is 0 Å². The van der Waals surface area contributed by atoms with Gasteiger partial charge in [0, 0.05) is 0 Å².